The second-order valence-electron chi connectivity index (χ2n) is 5.58. The van der Waals surface area contributed by atoms with Crippen LogP contribution < -0.4 is 0 Å². The Morgan fingerprint density at radius 2 is 2.09 bits per heavy atom. The molecule has 3 N–H and O–H groups in total. The van der Waals surface area contributed by atoms with Gasteiger partial charge in [-0.15, -0.1) is 5.10 Å². The van der Waals surface area contributed by atoms with E-state index in [2.05, 4.69) is 27.2 Å². The SMILES string of the molecule is CCCSc1nc(Cl)c2nnn([C@@H]3C[C@H](CO)[C@@H](O)[C@H]3O)c2n1. The third-order valence-electron chi connectivity index (χ3n) is 4.02. The fourth-order valence-electron chi connectivity index (χ4n) is 2.78. The van der Waals surface area contributed by atoms with Crippen molar-refractivity contribution in [2.75, 3.05) is 12.4 Å². The summed E-state index contributed by atoms with van der Waals surface area (Å²) in [6.07, 6.45) is -0.684. The standard InChI is InChI=1S/C13H18ClN5O3S/c1-2-3-23-13-15-11(14)8-12(16-13)19(18-17-8)7-4-6(5-20)9(21)10(7)22/h6-7,9-10,20-22H,2-5H2,1H3/t6-,7-,9-,10+/m1/s1. The summed E-state index contributed by atoms with van der Waals surface area (Å²) in [7, 11) is 0. The second-order valence-corrected chi connectivity index (χ2v) is 7.00. The molecule has 1 saturated carbocycles. The van der Waals surface area contributed by atoms with Crippen LogP contribution in [0.2, 0.25) is 5.15 Å². The van der Waals surface area contributed by atoms with E-state index in [1.54, 1.807) is 0 Å². The van der Waals surface area contributed by atoms with Crippen molar-refractivity contribution >= 4 is 34.5 Å². The van der Waals surface area contributed by atoms with Crippen LogP contribution in [0.1, 0.15) is 25.8 Å². The summed E-state index contributed by atoms with van der Waals surface area (Å²) in [4.78, 5) is 8.63. The third kappa shape index (κ3) is 3.03. The van der Waals surface area contributed by atoms with Gasteiger partial charge in [0.05, 0.1) is 12.1 Å². The number of aliphatic hydroxyl groups is 3. The molecule has 1 fully saturated rings. The molecule has 1 aliphatic carbocycles. The van der Waals surface area contributed by atoms with E-state index in [4.69, 9.17) is 11.6 Å². The van der Waals surface area contributed by atoms with E-state index < -0.39 is 24.2 Å². The molecule has 0 unspecified atom stereocenters. The van der Waals surface area contributed by atoms with Gasteiger partial charge in [0.25, 0.3) is 0 Å². The molecule has 8 nitrogen and oxygen atoms in total. The third-order valence-corrected chi connectivity index (χ3v) is 5.33. The number of fused-ring (bicyclic) bond motifs is 1. The Labute approximate surface area is 141 Å². The zero-order chi connectivity index (χ0) is 16.6. The first kappa shape index (κ1) is 16.8. The molecule has 0 saturated heterocycles. The second kappa shape index (κ2) is 6.86. The molecule has 0 bridgehead atoms. The zero-order valence-electron chi connectivity index (χ0n) is 12.5. The minimum atomic E-state index is -1.04. The van der Waals surface area contributed by atoms with Crippen molar-refractivity contribution in [1.82, 2.24) is 25.0 Å². The number of halogens is 1. The Balaban J connectivity index is 1.99. The van der Waals surface area contributed by atoms with E-state index in [0.717, 1.165) is 12.2 Å². The van der Waals surface area contributed by atoms with Crippen molar-refractivity contribution in [1.29, 1.82) is 0 Å². The van der Waals surface area contributed by atoms with Gasteiger partial charge in [-0.05, 0) is 12.8 Å². The number of thioether (sulfide) groups is 1. The highest BCUT2D eigenvalue weighted by Crippen LogP contribution is 2.36. The predicted molar refractivity (Wildman–Crippen MR) is 85.4 cm³/mol. The van der Waals surface area contributed by atoms with Gasteiger partial charge in [-0.25, -0.2) is 14.6 Å². The zero-order valence-corrected chi connectivity index (χ0v) is 14.1. The topological polar surface area (TPSA) is 117 Å². The average Bonchev–Trinajstić information content (AvgIpc) is 3.08. The maximum atomic E-state index is 10.2. The van der Waals surface area contributed by atoms with Crippen LogP contribution in [-0.4, -0.2) is 64.8 Å². The van der Waals surface area contributed by atoms with E-state index >= 15 is 0 Å². The van der Waals surface area contributed by atoms with Crippen molar-refractivity contribution in [2.45, 2.75) is 43.2 Å². The van der Waals surface area contributed by atoms with E-state index in [1.807, 2.05) is 0 Å². The molecule has 0 spiro atoms. The number of hydrogen-bond donors (Lipinski definition) is 3. The quantitative estimate of drug-likeness (QED) is 0.404. The predicted octanol–water partition coefficient (Wildman–Crippen LogP) is 0.652. The van der Waals surface area contributed by atoms with Crippen molar-refractivity contribution in [2.24, 2.45) is 5.92 Å². The Bertz CT molecular complexity index is 700. The number of nitrogens with zero attached hydrogens (tertiary/aromatic N) is 5. The molecule has 0 aromatic carbocycles. The van der Waals surface area contributed by atoms with Crippen LogP contribution in [0.4, 0.5) is 0 Å². The van der Waals surface area contributed by atoms with Gasteiger partial charge < -0.3 is 15.3 Å². The first-order valence-electron chi connectivity index (χ1n) is 7.45. The molecule has 2 heterocycles. The highest BCUT2D eigenvalue weighted by molar-refractivity contribution is 7.99. The summed E-state index contributed by atoms with van der Waals surface area (Å²) in [5.41, 5.74) is 0.792. The monoisotopic (exact) mass is 359 g/mol. The summed E-state index contributed by atoms with van der Waals surface area (Å²) in [6, 6.07) is -0.512. The molecule has 4 atom stereocenters. The number of hydrogen-bond acceptors (Lipinski definition) is 8. The molecular weight excluding hydrogens is 342 g/mol. The van der Waals surface area contributed by atoms with Gasteiger partial charge in [0.1, 0.15) is 6.10 Å². The maximum Gasteiger partial charge on any atom is 0.191 e. The van der Waals surface area contributed by atoms with Crippen LogP contribution in [-0.2, 0) is 0 Å². The van der Waals surface area contributed by atoms with Crippen molar-refractivity contribution in [3.05, 3.63) is 5.15 Å². The molecule has 23 heavy (non-hydrogen) atoms. The molecule has 1 aliphatic rings. The molecule has 3 rings (SSSR count). The smallest absolute Gasteiger partial charge is 0.191 e. The Morgan fingerprint density at radius 3 is 2.74 bits per heavy atom. The summed E-state index contributed by atoms with van der Waals surface area (Å²) in [6.45, 7) is 1.86. The lowest BCUT2D eigenvalue weighted by Crippen LogP contribution is -2.30. The van der Waals surface area contributed by atoms with Gasteiger partial charge >= 0.3 is 0 Å². The van der Waals surface area contributed by atoms with Gasteiger partial charge in [-0.1, -0.05) is 35.5 Å². The summed E-state index contributed by atoms with van der Waals surface area (Å²) < 4.78 is 1.47. The normalized spacial score (nSPS) is 27.9. The van der Waals surface area contributed by atoms with Gasteiger partial charge in [-0.3, -0.25) is 0 Å². The fourth-order valence-corrected chi connectivity index (χ4v) is 3.73. The van der Waals surface area contributed by atoms with Crippen LogP contribution >= 0.6 is 23.4 Å². The fraction of sp³-hybridized carbons (Fsp3) is 0.692. The first-order chi connectivity index (χ1) is 11.1. The summed E-state index contributed by atoms with van der Waals surface area (Å²) in [5, 5.41) is 38.3. The van der Waals surface area contributed by atoms with Gasteiger partial charge in [0.15, 0.2) is 21.5 Å². The Morgan fingerprint density at radius 1 is 1.30 bits per heavy atom. The van der Waals surface area contributed by atoms with Crippen LogP contribution in [0.15, 0.2) is 5.16 Å². The van der Waals surface area contributed by atoms with E-state index in [9.17, 15) is 15.3 Å². The van der Waals surface area contributed by atoms with Crippen LogP contribution in [0.25, 0.3) is 11.2 Å². The van der Waals surface area contributed by atoms with E-state index in [1.165, 1.54) is 16.4 Å². The Hall–Kier alpha value is -1.00. The van der Waals surface area contributed by atoms with E-state index in [-0.39, 0.29) is 11.8 Å². The average molecular weight is 360 g/mol. The molecule has 2 aromatic heterocycles. The van der Waals surface area contributed by atoms with Gasteiger partial charge in [0, 0.05) is 18.3 Å². The molecule has 2 aromatic rings. The largest absolute Gasteiger partial charge is 0.396 e. The van der Waals surface area contributed by atoms with Crippen molar-refractivity contribution in [3.63, 3.8) is 0 Å². The molecular formula is C13H18ClN5O3S. The molecule has 126 valence electrons. The van der Waals surface area contributed by atoms with Crippen LogP contribution in [0, 0.1) is 5.92 Å². The lowest BCUT2D eigenvalue weighted by atomic mass is 10.1. The van der Waals surface area contributed by atoms with Crippen LogP contribution in [0.5, 0.6) is 0 Å². The lowest BCUT2D eigenvalue weighted by Gasteiger charge is -2.16. The molecule has 0 aliphatic heterocycles. The number of aliphatic hydroxyl groups excluding tert-OH is 3. The Kier molecular flexibility index (Phi) is 5.02. The van der Waals surface area contributed by atoms with Crippen LogP contribution in [0.3, 0.4) is 0 Å². The van der Waals surface area contributed by atoms with Crippen molar-refractivity contribution in [3.8, 4) is 0 Å². The van der Waals surface area contributed by atoms with Crippen molar-refractivity contribution < 1.29 is 15.3 Å². The van der Waals surface area contributed by atoms with Gasteiger partial charge in [-0.2, -0.15) is 0 Å². The maximum absolute atomic E-state index is 10.2. The number of aromatic nitrogens is 5. The summed E-state index contributed by atoms with van der Waals surface area (Å²) in [5.74, 6) is 0.460. The molecule has 10 heteroatoms. The molecule has 0 radical (unpaired) electrons. The minimum Gasteiger partial charge on any atom is -0.396 e. The number of rotatable bonds is 5. The first-order valence-corrected chi connectivity index (χ1v) is 8.81. The van der Waals surface area contributed by atoms with E-state index in [0.29, 0.717) is 22.7 Å². The molecule has 0 amide bonds. The van der Waals surface area contributed by atoms with Gasteiger partial charge in [0.2, 0.25) is 0 Å². The lowest BCUT2D eigenvalue weighted by molar-refractivity contribution is -0.00512. The highest BCUT2D eigenvalue weighted by atomic mass is 35.5. The summed E-state index contributed by atoms with van der Waals surface area (Å²) >= 11 is 7.63. The highest BCUT2D eigenvalue weighted by Gasteiger charge is 2.43. The minimum absolute atomic E-state index is 0.200.